The minimum atomic E-state index is -0.571. The summed E-state index contributed by atoms with van der Waals surface area (Å²) in [6.07, 6.45) is 1.57. The topological polar surface area (TPSA) is 24.9 Å². The normalized spacial score (nSPS) is 10.8. The molecule has 0 fully saturated rings. The number of halogens is 3. The van der Waals surface area contributed by atoms with E-state index < -0.39 is 11.6 Å². The van der Waals surface area contributed by atoms with Crippen molar-refractivity contribution in [3.05, 3.63) is 50.9 Å². The number of hydrogen-bond donors (Lipinski definition) is 1. The molecule has 90 valence electrons. The Morgan fingerprint density at radius 2 is 2.12 bits per heavy atom. The van der Waals surface area contributed by atoms with E-state index in [0.717, 1.165) is 11.1 Å². The number of benzene rings is 1. The van der Waals surface area contributed by atoms with Gasteiger partial charge in [0.15, 0.2) is 0 Å². The standard InChI is InChI=1S/C11H9ClF2N2S/c12-10-5-16-11(17-10)6-15-4-7-1-2-8(13)3-9(7)14/h1-3,5,15H,4,6H2. The minimum absolute atomic E-state index is 0.323. The molecular formula is C11H9ClF2N2S. The Morgan fingerprint density at radius 3 is 2.76 bits per heavy atom. The van der Waals surface area contributed by atoms with Gasteiger partial charge in [0.1, 0.15) is 21.0 Å². The van der Waals surface area contributed by atoms with Crippen molar-refractivity contribution in [2.24, 2.45) is 0 Å². The van der Waals surface area contributed by atoms with Gasteiger partial charge in [0, 0.05) is 24.7 Å². The highest BCUT2D eigenvalue weighted by Gasteiger charge is 2.04. The molecule has 0 aliphatic carbocycles. The van der Waals surface area contributed by atoms with Gasteiger partial charge in [-0.3, -0.25) is 0 Å². The smallest absolute Gasteiger partial charge is 0.130 e. The fourth-order valence-corrected chi connectivity index (χ4v) is 2.26. The molecule has 2 nitrogen and oxygen atoms in total. The van der Waals surface area contributed by atoms with Gasteiger partial charge in [-0.2, -0.15) is 0 Å². The Hall–Kier alpha value is -1.04. The molecule has 2 rings (SSSR count). The molecule has 6 heteroatoms. The van der Waals surface area contributed by atoms with Crippen LogP contribution < -0.4 is 5.32 Å². The number of hydrogen-bond acceptors (Lipinski definition) is 3. The van der Waals surface area contributed by atoms with Crippen molar-refractivity contribution in [1.29, 1.82) is 0 Å². The molecule has 0 saturated heterocycles. The maximum Gasteiger partial charge on any atom is 0.130 e. The van der Waals surface area contributed by atoms with Crippen LogP contribution in [0.15, 0.2) is 24.4 Å². The fourth-order valence-electron chi connectivity index (χ4n) is 1.34. The average molecular weight is 275 g/mol. The van der Waals surface area contributed by atoms with Gasteiger partial charge >= 0.3 is 0 Å². The number of rotatable bonds is 4. The van der Waals surface area contributed by atoms with Crippen LogP contribution in [-0.2, 0) is 13.1 Å². The summed E-state index contributed by atoms with van der Waals surface area (Å²) in [5, 5.41) is 3.85. The van der Waals surface area contributed by atoms with Crippen molar-refractivity contribution in [3.8, 4) is 0 Å². The minimum Gasteiger partial charge on any atom is -0.306 e. The summed E-state index contributed by atoms with van der Waals surface area (Å²) >= 11 is 7.09. The summed E-state index contributed by atoms with van der Waals surface area (Å²) < 4.78 is 26.5. The molecule has 0 bridgehead atoms. The van der Waals surface area contributed by atoms with Crippen molar-refractivity contribution < 1.29 is 8.78 Å². The van der Waals surface area contributed by atoms with E-state index in [1.807, 2.05) is 0 Å². The molecule has 17 heavy (non-hydrogen) atoms. The first-order chi connectivity index (χ1) is 8.15. The van der Waals surface area contributed by atoms with Crippen LogP contribution in [0.2, 0.25) is 4.34 Å². The third-order valence-corrected chi connectivity index (χ3v) is 3.25. The number of aromatic nitrogens is 1. The maximum absolute atomic E-state index is 13.3. The van der Waals surface area contributed by atoms with Gasteiger partial charge in [-0.1, -0.05) is 17.7 Å². The van der Waals surface area contributed by atoms with Gasteiger partial charge in [0.25, 0.3) is 0 Å². The zero-order chi connectivity index (χ0) is 12.3. The van der Waals surface area contributed by atoms with E-state index in [2.05, 4.69) is 10.3 Å². The Bertz CT molecular complexity index is 516. The van der Waals surface area contributed by atoms with Crippen LogP contribution in [0, 0.1) is 11.6 Å². The lowest BCUT2D eigenvalue weighted by Crippen LogP contribution is -2.13. The van der Waals surface area contributed by atoms with Crippen LogP contribution in [0.25, 0.3) is 0 Å². The van der Waals surface area contributed by atoms with Crippen molar-refractivity contribution in [1.82, 2.24) is 10.3 Å². The first-order valence-electron chi connectivity index (χ1n) is 4.90. The average Bonchev–Trinajstić information content (AvgIpc) is 2.68. The van der Waals surface area contributed by atoms with Gasteiger partial charge in [0.05, 0.1) is 6.20 Å². The molecule has 1 aromatic carbocycles. The van der Waals surface area contributed by atoms with Crippen LogP contribution >= 0.6 is 22.9 Å². The lowest BCUT2D eigenvalue weighted by Gasteiger charge is -2.04. The van der Waals surface area contributed by atoms with E-state index >= 15 is 0 Å². The Kier molecular flexibility index (Phi) is 4.04. The molecule has 0 saturated carbocycles. The maximum atomic E-state index is 13.3. The summed E-state index contributed by atoms with van der Waals surface area (Å²) in [5.74, 6) is -1.12. The molecule has 0 amide bonds. The largest absolute Gasteiger partial charge is 0.306 e. The van der Waals surface area contributed by atoms with Crippen LogP contribution in [0.1, 0.15) is 10.6 Å². The SMILES string of the molecule is Fc1ccc(CNCc2ncc(Cl)s2)c(F)c1. The zero-order valence-corrected chi connectivity index (χ0v) is 10.3. The van der Waals surface area contributed by atoms with Gasteiger partial charge in [-0.05, 0) is 6.07 Å². The van der Waals surface area contributed by atoms with E-state index in [4.69, 9.17) is 11.6 Å². The van der Waals surface area contributed by atoms with Crippen molar-refractivity contribution in [2.75, 3.05) is 0 Å². The summed E-state index contributed by atoms with van der Waals surface area (Å²) in [4.78, 5) is 4.05. The molecule has 2 aromatic rings. The summed E-state index contributed by atoms with van der Waals surface area (Å²) in [6, 6.07) is 3.53. The summed E-state index contributed by atoms with van der Waals surface area (Å²) in [5.41, 5.74) is 0.425. The molecule has 1 aromatic heterocycles. The van der Waals surface area contributed by atoms with Crippen molar-refractivity contribution in [2.45, 2.75) is 13.1 Å². The Labute approximate surface area is 106 Å². The molecule has 1 N–H and O–H groups in total. The molecule has 1 heterocycles. The Balaban J connectivity index is 1.90. The first kappa shape index (κ1) is 12.4. The number of nitrogens with one attached hydrogen (secondary N) is 1. The predicted octanol–water partition coefficient (Wildman–Crippen LogP) is 3.36. The van der Waals surface area contributed by atoms with Gasteiger partial charge < -0.3 is 5.32 Å². The second-order valence-electron chi connectivity index (χ2n) is 3.40. The van der Waals surface area contributed by atoms with E-state index in [1.165, 1.54) is 23.5 Å². The number of nitrogens with zero attached hydrogens (tertiary/aromatic N) is 1. The van der Waals surface area contributed by atoms with Crippen LogP contribution in [0.3, 0.4) is 0 Å². The van der Waals surface area contributed by atoms with E-state index in [0.29, 0.717) is 23.0 Å². The molecule has 0 aliphatic heterocycles. The molecule has 0 unspecified atom stereocenters. The van der Waals surface area contributed by atoms with Crippen LogP contribution in [0.4, 0.5) is 8.78 Å². The highest BCUT2D eigenvalue weighted by atomic mass is 35.5. The molecule has 0 atom stereocenters. The highest BCUT2D eigenvalue weighted by Crippen LogP contribution is 2.18. The Morgan fingerprint density at radius 1 is 1.29 bits per heavy atom. The van der Waals surface area contributed by atoms with Crippen LogP contribution in [-0.4, -0.2) is 4.98 Å². The first-order valence-corrected chi connectivity index (χ1v) is 6.09. The zero-order valence-electron chi connectivity index (χ0n) is 8.71. The lowest BCUT2D eigenvalue weighted by atomic mass is 10.2. The molecule has 0 spiro atoms. The lowest BCUT2D eigenvalue weighted by molar-refractivity contribution is 0.560. The van der Waals surface area contributed by atoms with E-state index in [-0.39, 0.29) is 0 Å². The fraction of sp³-hybridized carbons (Fsp3) is 0.182. The third-order valence-electron chi connectivity index (χ3n) is 2.13. The van der Waals surface area contributed by atoms with E-state index in [9.17, 15) is 8.78 Å². The monoisotopic (exact) mass is 274 g/mol. The third kappa shape index (κ3) is 3.46. The quantitative estimate of drug-likeness (QED) is 0.925. The second-order valence-corrected chi connectivity index (χ2v) is 5.14. The molecule has 0 radical (unpaired) electrons. The summed E-state index contributed by atoms with van der Waals surface area (Å²) in [6.45, 7) is 0.831. The van der Waals surface area contributed by atoms with Crippen molar-refractivity contribution in [3.63, 3.8) is 0 Å². The van der Waals surface area contributed by atoms with Crippen molar-refractivity contribution >= 4 is 22.9 Å². The predicted molar refractivity (Wildman–Crippen MR) is 64.0 cm³/mol. The van der Waals surface area contributed by atoms with E-state index in [1.54, 1.807) is 6.20 Å². The molecule has 0 aliphatic rings. The van der Waals surface area contributed by atoms with Crippen LogP contribution in [0.5, 0.6) is 0 Å². The van der Waals surface area contributed by atoms with Gasteiger partial charge in [0.2, 0.25) is 0 Å². The number of thiazole rings is 1. The van der Waals surface area contributed by atoms with Gasteiger partial charge in [-0.15, -0.1) is 11.3 Å². The second kappa shape index (κ2) is 5.53. The van der Waals surface area contributed by atoms with Gasteiger partial charge in [-0.25, -0.2) is 13.8 Å². The summed E-state index contributed by atoms with van der Waals surface area (Å²) in [7, 11) is 0. The molecular weight excluding hydrogens is 266 g/mol. The highest BCUT2D eigenvalue weighted by molar-refractivity contribution is 7.15.